The molecule has 1 amide bonds. The number of aromatic nitrogens is 2. The average Bonchev–Trinajstić information content (AvgIpc) is 3.49. The van der Waals surface area contributed by atoms with Crippen LogP contribution in [0.3, 0.4) is 0 Å². The fourth-order valence-electron chi connectivity index (χ4n) is 5.15. The minimum Gasteiger partial charge on any atom is -0.355 e. The zero-order valence-electron chi connectivity index (χ0n) is 19.6. The molecule has 182 valence electrons. The molecule has 0 bridgehead atoms. The predicted molar refractivity (Wildman–Crippen MR) is 140 cm³/mol. The number of amides is 1. The Morgan fingerprint density at radius 1 is 1.09 bits per heavy atom. The quantitative estimate of drug-likeness (QED) is 0.558. The van der Waals surface area contributed by atoms with E-state index in [1.165, 1.54) is 0 Å². The number of piperidine rings is 1. The van der Waals surface area contributed by atoms with E-state index in [1.807, 2.05) is 23.1 Å². The number of nitrogens with one attached hydrogen (secondary N) is 2. The third kappa shape index (κ3) is 3.83. The van der Waals surface area contributed by atoms with Gasteiger partial charge in [-0.25, -0.2) is 15.5 Å². The van der Waals surface area contributed by atoms with E-state index in [2.05, 4.69) is 27.3 Å². The molecule has 0 unspecified atom stereocenters. The summed E-state index contributed by atoms with van der Waals surface area (Å²) >= 11 is 12.8. The number of likely N-dealkylation sites (tertiary alicyclic amines) is 1. The Morgan fingerprint density at radius 3 is 2.57 bits per heavy atom. The fraction of sp³-hybridized carbons (Fsp3) is 0.375. The number of hydrogen-bond acceptors (Lipinski definition) is 7. The van der Waals surface area contributed by atoms with Crippen molar-refractivity contribution in [1.29, 1.82) is 0 Å². The van der Waals surface area contributed by atoms with Gasteiger partial charge in [0.15, 0.2) is 0 Å². The summed E-state index contributed by atoms with van der Waals surface area (Å²) < 4.78 is 0. The van der Waals surface area contributed by atoms with Crippen LogP contribution in [0.15, 0.2) is 35.6 Å². The Kier molecular flexibility index (Phi) is 5.60. The highest BCUT2D eigenvalue weighted by molar-refractivity contribution is 6.40. The van der Waals surface area contributed by atoms with Gasteiger partial charge in [-0.1, -0.05) is 29.3 Å². The topological polar surface area (TPSA) is 83.1 Å². The Bertz CT molecular complexity index is 1330. The lowest BCUT2D eigenvalue weighted by atomic mass is 10.1. The molecule has 11 heteroatoms. The lowest BCUT2D eigenvalue weighted by Gasteiger charge is -2.36. The number of para-hydroxylation sites is 1. The Hall–Kier alpha value is -2.85. The lowest BCUT2D eigenvalue weighted by Crippen LogP contribution is -2.45. The molecule has 5 heterocycles. The first-order valence-electron chi connectivity index (χ1n) is 11.7. The van der Waals surface area contributed by atoms with Crippen molar-refractivity contribution in [2.45, 2.75) is 18.9 Å². The maximum atomic E-state index is 13.5. The van der Waals surface area contributed by atoms with Crippen molar-refractivity contribution in [3.05, 3.63) is 51.8 Å². The van der Waals surface area contributed by atoms with Crippen LogP contribution in [0.5, 0.6) is 0 Å². The van der Waals surface area contributed by atoms with E-state index in [4.69, 9.17) is 28.3 Å². The number of pyridine rings is 1. The molecular formula is C24H26Cl2N8O. The molecule has 35 heavy (non-hydrogen) atoms. The first-order valence-corrected chi connectivity index (χ1v) is 12.4. The third-order valence-electron chi connectivity index (χ3n) is 7.03. The molecule has 1 fully saturated rings. The van der Waals surface area contributed by atoms with E-state index in [1.54, 1.807) is 29.3 Å². The van der Waals surface area contributed by atoms with Crippen LogP contribution in [-0.2, 0) is 0 Å². The van der Waals surface area contributed by atoms with Crippen LogP contribution in [0.1, 0.15) is 28.9 Å². The highest BCUT2D eigenvalue weighted by Gasteiger charge is 2.34. The number of aromatic amines is 1. The van der Waals surface area contributed by atoms with Gasteiger partial charge in [-0.05, 0) is 51.2 Å². The van der Waals surface area contributed by atoms with Crippen LogP contribution in [0.25, 0.3) is 11.0 Å². The second-order valence-electron chi connectivity index (χ2n) is 9.37. The van der Waals surface area contributed by atoms with E-state index in [-0.39, 0.29) is 5.91 Å². The number of carbonyl (C=O) groups excluding carboxylic acids is 1. The summed E-state index contributed by atoms with van der Waals surface area (Å²) in [4.78, 5) is 27.4. The molecule has 0 radical (unpaired) electrons. The van der Waals surface area contributed by atoms with E-state index < -0.39 is 0 Å². The van der Waals surface area contributed by atoms with Crippen LogP contribution in [0.2, 0.25) is 10.0 Å². The summed E-state index contributed by atoms with van der Waals surface area (Å²) in [6, 6.07) is 7.67. The van der Waals surface area contributed by atoms with Gasteiger partial charge < -0.3 is 14.8 Å². The van der Waals surface area contributed by atoms with Gasteiger partial charge in [-0.2, -0.15) is 5.10 Å². The molecule has 3 aliphatic heterocycles. The number of fused-ring (bicyclic) bond motifs is 3. The highest BCUT2D eigenvalue weighted by atomic mass is 35.5. The molecule has 0 saturated carbocycles. The summed E-state index contributed by atoms with van der Waals surface area (Å²) in [6.45, 7) is 3.12. The van der Waals surface area contributed by atoms with Crippen LogP contribution in [-0.4, -0.2) is 78.0 Å². The smallest absolute Gasteiger partial charge is 0.263 e. The fourth-order valence-corrected chi connectivity index (χ4v) is 5.75. The molecule has 6 rings (SSSR count). The molecule has 0 atom stereocenters. The van der Waals surface area contributed by atoms with Crippen molar-refractivity contribution in [2.24, 2.45) is 5.10 Å². The number of anilines is 2. The second kappa shape index (κ2) is 8.67. The predicted octanol–water partition coefficient (Wildman–Crippen LogP) is 3.54. The maximum absolute atomic E-state index is 13.5. The Balaban J connectivity index is 1.33. The summed E-state index contributed by atoms with van der Waals surface area (Å²) in [5.41, 5.74) is 7.83. The SMILES string of the molecule is CN1CCC(N2N=C(c3cc4c5c(cnc4[nH]3)C(=O)N(c3c(Cl)cccc3Cl)CN5C)CN2)CC1. The molecule has 0 spiro atoms. The van der Waals surface area contributed by atoms with Crippen molar-refractivity contribution in [2.75, 3.05) is 50.2 Å². The first kappa shape index (κ1) is 22.6. The maximum Gasteiger partial charge on any atom is 0.263 e. The van der Waals surface area contributed by atoms with Gasteiger partial charge in [0, 0.05) is 18.6 Å². The van der Waals surface area contributed by atoms with Crippen LogP contribution < -0.4 is 15.2 Å². The summed E-state index contributed by atoms with van der Waals surface area (Å²) in [5.74, 6) is -0.182. The van der Waals surface area contributed by atoms with Gasteiger partial charge >= 0.3 is 0 Å². The number of benzene rings is 1. The number of nitrogens with zero attached hydrogens (tertiary/aromatic N) is 6. The average molecular weight is 513 g/mol. The highest BCUT2D eigenvalue weighted by Crippen LogP contribution is 2.40. The van der Waals surface area contributed by atoms with Crippen LogP contribution in [0.4, 0.5) is 11.4 Å². The molecule has 9 nitrogen and oxygen atoms in total. The van der Waals surface area contributed by atoms with Crippen LogP contribution >= 0.6 is 23.2 Å². The van der Waals surface area contributed by atoms with Crippen molar-refractivity contribution in [1.82, 2.24) is 25.4 Å². The Morgan fingerprint density at radius 2 is 1.83 bits per heavy atom. The molecule has 0 aliphatic carbocycles. The van der Waals surface area contributed by atoms with Crippen molar-refractivity contribution >= 4 is 57.2 Å². The zero-order chi connectivity index (χ0) is 24.3. The van der Waals surface area contributed by atoms with E-state index in [0.29, 0.717) is 40.6 Å². The van der Waals surface area contributed by atoms with Gasteiger partial charge in [-0.15, -0.1) is 0 Å². The number of hydrazine groups is 1. The summed E-state index contributed by atoms with van der Waals surface area (Å²) in [7, 11) is 4.11. The van der Waals surface area contributed by atoms with Crippen molar-refractivity contribution in [3.8, 4) is 0 Å². The van der Waals surface area contributed by atoms with Gasteiger partial charge in [0.25, 0.3) is 5.91 Å². The lowest BCUT2D eigenvalue weighted by molar-refractivity contribution is 0.0939. The van der Waals surface area contributed by atoms with Gasteiger partial charge in [0.1, 0.15) is 11.4 Å². The molecule has 1 aromatic carbocycles. The molecule has 1 saturated heterocycles. The normalized spacial score (nSPS) is 19.6. The number of H-pyrrole nitrogens is 1. The number of halogens is 2. The first-order chi connectivity index (χ1) is 16.9. The number of hydrogen-bond donors (Lipinski definition) is 2. The van der Waals surface area contributed by atoms with Gasteiger partial charge in [-0.3, -0.25) is 9.69 Å². The van der Waals surface area contributed by atoms with Crippen LogP contribution in [0, 0.1) is 0 Å². The van der Waals surface area contributed by atoms with E-state index >= 15 is 0 Å². The second-order valence-corrected chi connectivity index (χ2v) is 10.2. The Labute approximate surface area is 213 Å². The van der Waals surface area contributed by atoms with E-state index in [9.17, 15) is 4.79 Å². The third-order valence-corrected chi connectivity index (χ3v) is 7.64. The zero-order valence-corrected chi connectivity index (χ0v) is 21.1. The summed E-state index contributed by atoms with van der Waals surface area (Å²) in [6.07, 6.45) is 3.79. The summed E-state index contributed by atoms with van der Waals surface area (Å²) in [5, 5.41) is 8.63. The largest absolute Gasteiger partial charge is 0.355 e. The minimum absolute atomic E-state index is 0.182. The molecule has 3 aliphatic rings. The molecule has 2 aromatic heterocycles. The van der Waals surface area contributed by atoms with Crippen molar-refractivity contribution in [3.63, 3.8) is 0 Å². The number of rotatable bonds is 3. The molecule has 2 N–H and O–H groups in total. The number of carbonyl (C=O) groups is 1. The molecule has 3 aromatic rings. The van der Waals surface area contributed by atoms with Crippen molar-refractivity contribution < 1.29 is 4.79 Å². The van der Waals surface area contributed by atoms with Gasteiger partial charge in [0.2, 0.25) is 0 Å². The van der Waals surface area contributed by atoms with Gasteiger partial charge in [0.05, 0.1) is 51.9 Å². The standard InChI is InChI=1S/C24H26Cl2N8O/c1-31-8-6-14(7-9-31)34-28-12-20(30-34)19-10-15-21-16(11-27-23(15)29-19)24(35)33(13-32(21)2)22-17(25)4-3-5-18(22)26/h3-5,10-11,14,28H,6-9,12-13H2,1-2H3,(H,27,29). The minimum atomic E-state index is -0.182. The number of hydrazone groups is 1. The molecular weight excluding hydrogens is 487 g/mol. The van der Waals surface area contributed by atoms with E-state index in [0.717, 1.165) is 54.1 Å². The monoisotopic (exact) mass is 512 g/mol.